The smallest absolute Gasteiger partial charge is 0.414 e. The van der Waals surface area contributed by atoms with Gasteiger partial charge in [0.05, 0.1) is 101 Å². The number of hydrazone groups is 4. The van der Waals surface area contributed by atoms with Crippen LogP contribution in [-0.2, 0) is 38.1 Å². The number of urea groups is 1. The molecule has 2 N–H and O–H groups in total. The Morgan fingerprint density at radius 3 is 0.955 bits per heavy atom. The molecule has 4 aromatic carbocycles. The molecule has 12 heterocycles. The Bertz CT molecular complexity index is 5740. The second kappa shape index (κ2) is 44.9. The van der Waals surface area contributed by atoms with Crippen LogP contribution in [0.5, 0.6) is 0 Å². The van der Waals surface area contributed by atoms with Crippen molar-refractivity contribution in [3.8, 4) is 56.9 Å². The first kappa shape index (κ1) is 95.4. The summed E-state index contributed by atoms with van der Waals surface area (Å²) in [5.41, 5.74) is 5.58. The van der Waals surface area contributed by atoms with E-state index in [1.165, 1.54) is 82.9 Å². The van der Waals surface area contributed by atoms with Crippen LogP contribution >= 0.6 is 0 Å². The minimum absolute atomic E-state index is 0.0305. The van der Waals surface area contributed by atoms with Gasteiger partial charge in [0.25, 0.3) is 0 Å². The van der Waals surface area contributed by atoms with E-state index in [1.54, 1.807) is 151 Å². The summed E-state index contributed by atoms with van der Waals surface area (Å²) in [5, 5.41) is 35.3. The summed E-state index contributed by atoms with van der Waals surface area (Å²) in [5.74, 6) is 3.58. The molecule has 4 fully saturated rings. The number of nitrogens with one attached hydrogen (secondary N) is 1. The number of benzene rings is 4. The van der Waals surface area contributed by atoms with E-state index < -0.39 is 53.7 Å². The van der Waals surface area contributed by atoms with Crippen LogP contribution in [0.3, 0.4) is 0 Å². The van der Waals surface area contributed by atoms with Crippen LogP contribution in [-0.4, -0.2) is 260 Å². The van der Waals surface area contributed by atoms with Crippen LogP contribution in [0, 0.1) is 35.6 Å². The van der Waals surface area contributed by atoms with E-state index in [1.807, 2.05) is 37.9 Å². The van der Waals surface area contributed by atoms with Gasteiger partial charge in [0, 0.05) is 128 Å². The maximum Gasteiger partial charge on any atom is 0.414 e. The third kappa shape index (κ3) is 25.1. The number of hydrogen-bond acceptors (Lipinski definition) is 29. The number of nitrogens with zero attached hydrogens (tertiary/aromatic N) is 20. The van der Waals surface area contributed by atoms with E-state index in [9.17, 15) is 60.7 Å². The molecule has 0 bridgehead atoms. The minimum Gasteiger partial charge on any atom is -0.444 e. The summed E-state index contributed by atoms with van der Waals surface area (Å²) in [4.78, 5) is 136. The highest BCUT2D eigenvalue weighted by molar-refractivity contribution is 5.94. The topological polar surface area (TPSA) is 363 Å². The molecule has 8 aromatic rings. The fraction of sp³-hybridized carbons (Fsp3) is 0.351. The first-order chi connectivity index (χ1) is 64.2. The van der Waals surface area contributed by atoms with Crippen LogP contribution in [0.4, 0.5) is 87.6 Å². The molecule has 8 aliphatic rings. The molecule has 133 heavy (non-hydrogen) atoms. The van der Waals surface area contributed by atoms with Gasteiger partial charge in [0.15, 0.2) is 0 Å². The van der Waals surface area contributed by atoms with Crippen LogP contribution in [0.2, 0.25) is 0 Å². The molecular formula is C94H101F4N21O14. The normalized spacial score (nSPS) is 17.9. The zero-order valence-corrected chi connectivity index (χ0v) is 74.0. The SMILES string of the molecule is C#CCN1CCN(c2ccc(-c3ccc(N4C[C@H](CCC(C)=O)OC4=O)cc3F)cn2)C=N1.C=CCN1CCN(c2ccc(-c3ccc(N4C[C@H](CCC(C)=O)OC4=O)cc3F)cn2)C=N1.CC(=O)CC[C@H]1CN(c2ccc(-c3ccc(N4C=NN(CCO)CC4)nc3)c(F)c2)C(=O)O1.CNC(=O)N1CCN(c2ccc(-c3ccc(N4C[C@H](CCC(C)=O)OC4=O)cc3F)cn2)C=N1. The van der Waals surface area contributed by atoms with Crippen LogP contribution in [0.1, 0.15) is 79.1 Å². The lowest BCUT2D eigenvalue weighted by atomic mass is 10.1. The van der Waals surface area contributed by atoms with Crippen molar-refractivity contribution in [2.75, 3.05) is 151 Å². The Morgan fingerprint density at radius 2 is 0.722 bits per heavy atom. The quantitative estimate of drug-likeness (QED) is 0.0190. The van der Waals surface area contributed by atoms with Gasteiger partial charge in [-0.15, -0.1) is 13.0 Å². The lowest BCUT2D eigenvalue weighted by Crippen LogP contribution is -2.44. The van der Waals surface area contributed by atoms with Gasteiger partial charge in [-0.25, -0.2) is 66.5 Å². The number of Topliss-reactive ketones (excluding diaryl/α,β-unsaturated/α-hetero) is 4. The molecular weight excluding hydrogens is 1720 g/mol. The second-order valence-corrected chi connectivity index (χ2v) is 32.1. The summed E-state index contributed by atoms with van der Waals surface area (Å²) in [6.07, 6.45) is 19.6. The van der Waals surface area contributed by atoms with E-state index in [4.69, 9.17) is 30.5 Å². The van der Waals surface area contributed by atoms with Crippen molar-refractivity contribution in [3.63, 3.8) is 0 Å². The molecule has 6 amide bonds. The molecule has 694 valence electrons. The number of anilines is 8. The molecule has 0 spiro atoms. The van der Waals surface area contributed by atoms with Gasteiger partial charge in [0.1, 0.15) is 119 Å². The van der Waals surface area contributed by atoms with Gasteiger partial charge in [0.2, 0.25) is 0 Å². The molecule has 0 unspecified atom stereocenters. The van der Waals surface area contributed by atoms with Crippen molar-refractivity contribution < 1.29 is 84.8 Å². The standard InChI is InChI=1S/C24H26FN5O3.C24H24FN5O3.C23H25FN6O4.C23H26FN5O4/c2*1-3-10-29-12-11-28(16-27-29)23-9-5-18(14-26-23)21-8-6-19(13-22(21)25)30-15-20(33-24(30)32)7-4-17(2)31;1-15(31)3-6-18-13-29(23(33)34-18)17-5-7-19(20(24)11-17)16-4-8-21(26-12-16)28-9-10-30(27-14-28)22(32)25-2;1-16(31)2-5-19-14-29(23(32)33-19)18-4-6-20(21(24)12-18)17-3-7-22(25-13-17)27-8-9-28(10-11-30)26-15-27/h3,5-6,8-9,13-14,16,20H,1,4,7,10-12,15H2,2H3;1,5-6,8-9,13-14,16,20H,4,7,10-12,15H2,2H3;4-5,7-8,11-12,14,18H,3,6,9-10,13H2,1-2H3,(H,25,32);3-4,6-7,12-13,15,19,30H,2,5,8-11,14H2,1H3/t2*20-;18-;19-/m0000/s1. The van der Waals surface area contributed by atoms with Crippen molar-refractivity contribution >= 4 is 125 Å². The van der Waals surface area contributed by atoms with Crippen molar-refractivity contribution in [1.82, 2.24) is 45.3 Å². The molecule has 35 nitrogen and oxygen atoms in total. The zero-order valence-electron chi connectivity index (χ0n) is 74.0. The highest BCUT2D eigenvalue weighted by Crippen LogP contribution is 2.37. The average Bonchev–Trinajstić information content (AvgIpc) is 1.27. The highest BCUT2D eigenvalue weighted by Gasteiger charge is 2.38. The summed E-state index contributed by atoms with van der Waals surface area (Å²) >= 11 is 0. The maximum absolute atomic E-state index is 14.9. The number of cyclic esters (lactones) is 4. The van der Waals surface area contributed by atoms with Crippen LogP contribution in [0.25, 0.3) is 44.5 Å². The number of pyridine rings is 4. The Morgan fingerprint density at radius 1 is 0.429 bits per heavy atom. The molecule has 0 saturated carbocycles. The van der Waals surface area contributed by atoms with E-state index in [-0.39, 0.29) is 73.7 Å². The molecule has 4 aromatic heterocycles. The lowest BCUT2D eigenvalue weighted by Gasteiger charge is -2.28. The van der Waals surface area contributed by atoms with Gasteiger partial charge in [-0.2, -0.15) is 20.4 Å². The van der Waals surface area contributed by atoms with Gasteiger partial charge in [-0.05, 0) is 175 Å². The van der Waals surface area contributed by atoms with Gasteiger partial charge in [-0.3, -0.25) is 34.6 Å². The van der Waals surface area contributed by atoms with Crippen molar-refractivity contribution in [2.45, 2.75) is 103 Å². The van der Waals surface area contributed by atoms with Gasteiger partial charge in [-0.1, -0.05) is 12.0 Å². The molecule has 8 aliphatic heterocycles. The number of carbonyl (C=O) groups is 9. The number of carbonyl (C=O) groups excluding carboxylic acids is 9. The fourth-order valence-electron chi connectivity index (χ4n) is 15.1. The first-order valence-corrected chi connectivity index (χ1v) is 43.3. The van der Waals surface area contributed by atoms with Gasteiger partial charge >= 0.3 is 30.4 Å². The molecule has 4 saturated heterocycles. The molecule has 39 heteroatoms. The maximum atomic E-state index is 14.9. The largest absolute Gasteiger partial charge is 0.444 e. The third-order valence-corrected chi connectivity index (χ3v) is 22.4. The number of aromatic nitrogens is 4. The molecule has 0 radical (unpaired) electrons. The van der Waals surface area contributed by atoms with E-state index in [0.717, 1.165) is 18.9 Å². The Labute approximate surface area is 765 Å². The predicted octanol–water partition coefficient (Wildman–Crippen LogP) is 12.7. The number of β-amino-alcohol motifs (C(OH)–C–C–N with tert-alkyl or cyclic N) is 1. The van der Waals surface area contributed by atoms with Crippen molar-refractivity contribution in [1.29, 1.82) is 0 Å². The van der Waals surface area contributed by atoms with Crippen molar-refractivity contribution in [3.05, 3.63) is 182 Å². The van der Waals surface area contributed by atoms with E-state index in [2.05, 4.69) is 58.2 Å². The Hall–Kier alpha value is -15.2. The molecule has 4 atom stereocenters. The summed E-state index contributed by atoms with van der Waals surface area (Å²) in [6.45, 7) is 17.7. The number of ketones is 4. The number of aliphatic hydroxyl groups excluding tert-OH is 1. The Balaban J connectivity index is 0.000000151. The number of ether oxygens (including phenoxy) is 4. The minimum atomic E-state index is -0.551. The van der Waals surface area contributed by atoms with Crippen LogP contribution < -0.4 is 44.5 Å². The predicted molar refractivity (Wildman–Crippen MR) is 494 cm³/mol. The summed E-state index contributed by atoms with van der Waals surface area (Å²) in [6, 6.07) is 32.5. The van der Waals surface area contributed by atoms with Gasteiger partial charge < -0.3 is 68.1 Å². The Kier molecular flexibility index (Phi) is 32.2. The summed E-state index contributed by atoms with van der Waals surface area (Å²) in [7, 11) is 1.54. The van der Waals surface area contributed by atoms with Crippen molar-refractivity contribution in [2.24, 2.45) is 20.4 Å². The number of halogens is 4. The third-order valence-electron chi connectivity index (χ3n) is 22.4. The number of amides is 6. The second-order valence-electron chi connectivity index (χ2n) is 32.1. The van der Waals surface area contributed by atoms with Crippen LogP contribution in [0.15, 0.2) is 179 Å². The molecule has 16 rings (SSSR count). The molecule has 0 aliphatic carbocycles. The highest BCUT2D eigenvalue weighted by atomic mass is 19.1. The number of terminal acetylenes is 1. The fourth-order valence-corrected chi connectivity index (χ4v) is 15.1. The summed E-state index contributed by atoms with van der Waals surface area (Å²) < 4.78 is 80.9. The lowest BCUT2D eigenvalue weighted by molar-refractivity contribution is -0.118. The average molecular weight is 1820 g/mol. The number of aliphatic hydroxyl groups is 1. The number of hydrogen-bond donors (Lipinski definition) is 2. The monoisotopic (exact) mass is 1820 g/mol. The number of rotatable bonds is 29. The van der Waals surface area contributed by atoms with E-state index >= 15 is 0 Å². The first-order valence-electron chi connectivity index (χ1n) is 43.3. The zero-order chi connectivity index (χ0) is 94.4. The van der Waals surface area contributed by atoms with E-state index in [0.29, 0.717) is 202 Å².